The van der Waals surface area contributed by atoms with E-state index in [1.807, 2.05) is 48.5 Å². The molecular formula is C23H31N3O5S. The molecule has 2 unspecified atom stereocenters. The highest BCUT2D eigenvalue weighted by Crippen LogP contribution is 2.24. The van der Waals surface area contributed by atoms with Crippen LogP contribution in [0.1, 0.15) is 32.4 Å². The van der Waals surface area contributed by atoms with Crippen LogP contribution in [0.2, 0.25) is 0 Å². The van der Waals surface area contributed by atoms with Crippen LogP contribution >= 0.6 is 0 Å². The molecule has 1 amide bonds. The van der Waals surface area contributed by atoms with Gasteiger partial charge in [-0.25, -0.2) is 17.9 Å². The second-order valence-electron chi connectivity index (χ2n) is 8.19. The molecule has 0 bridgehead atoms. The van der Waals surface area contributed by atoms with E-state index in [-0.39, 0.29) is 11.9 Å². The van der Waals surface area contributed by atoms with Gasteiger partial charge < -0.3 is 14.7 Å². The van der Waals surface area contributed by atoms with Crippen LogP contribution in [0, 0.1) is 0 Å². The molecule has 32 heavy (non-hydrogen) atoms. The number of hydrogen-bond donors (Lipinski definition) is 2. The summed E-state index contributed by atoms with van der Waals surface area (Å²) in [6.07, 6.45) is 0.858. The lowest BCUT2D eigenvalue weighted by molar-refractivity contribution is 0.0459. The van der Waals surface area contributed by atoms with E-state index in [2.05, 4.69) is 4.72 Å². The lowest BCUT2D eigenvalue weighted by Gasteiger charge is -2.41. The SMILES string of the molecule is CC(C)OC(=O)N1CCCC(NS(=O)(=O)CCO)C1Cc1cccc(-c2ccccc2)n1. The Balaban J connectivity index is 1.89. The maximum atomic E-state index is 12.8. The fourth-order valence-electron chi connectivity index (χ4n) is 3.93. The van der Waals surface area contributed by atoms with E-state index in [1.165, 1.54) is 0 Å². The van der Waals surface area contributed by atoms with E-state index in [1.54, 1.807) is 18.7 Å². The van der Waals surface area contributed by atoms with Crippen molar-refractivity contribution >= 4 is 16.1 Å². The number of carbonyl (C=O) groups is 1. The number of hydrogen-bond acceptors (Lipinski definition) is 6. The van der Waals surface area contributed by atoms with Gasteiger partial charge in [0.15, 0.2) is 0 Å². The molecule has 3 rings (SSSR count). The largest absolute Gasteiger partial charge is 0.447 e. The van der Waals surface area contributed by atoms with Crippen LogP contribution in [-0.4, -0.2) is 66.6 Å². The lowest BCUT2D eigenvalue weighted by atomic mass is 9.93. The minimum absolute atomic E-state index is 0.283. The zero-order valence-electron chi connectivity index (χ0n) is 18.5. The Hall–Kier alpha value is -2.49. The smallest absolute Gasteiger partial charge is 0.410 e. The van der Waals surface area contributed by atoms with Gasteiger partial charge in [0.05, 0.1) is 30.2 Å². The number of piperidine rings is 1. The van der Waals surface area contributed by atoms with Crippen molar-refractivity contribution in [2.24, 2.45) is 0 Å². The topological polar surface area (TPSA) is 109 Å². The van der Waals surface area contributed by atoms with E-state index < -0.39 is 34.8 Å². The number of pyridine rings is 1. The van der Waals surface area contributed by atoms with Crippen LogP contribution in [0.5, 0.6) is 0 Å². The predicted octanol–water partition coefficient (Wildman–Crippen LogP) is 2.58. The summed E-state index contributed by atoms with van der Waals surface area (Å²) in [5, 5.41) is 9.10. The lowest BCUT2D eigenvalue weighted by Crippen LogP contribution is -2.58. The highest BCUT2D eigenvalue weighted by atomic mass is 32.2. The molecule has 9 heteroatoms. The number of nitrogens with zero attached hydrogens (tertiary/aromatic N) is 2. The van der Waals surface area contributed by atoms with Gasteiger partial charge in [0.25, 0.3) is 0 Å². The average molecular weight is 462 g/mol. The van der Waals surface area contributed by atoms with Crippen molar-refractivity contribution in [1.82, 2.24) is 14.6 Å². The summed E-state index contributed by atoms with van der Waals surface area (Å²) in [6, 6.07) is 14.5. The Morgan fingerprint density at radius 2 is 1.97 bits per heavy atom. The van der Waals surface area contributed by atoms with E-state index in [0.29, 0.717) is 25.8 Å². The molecule has 0 spiro atoms. The Morgan fingerprint density at radius 1 is 1.22 bits per heavy atom. The number of ether oxygens (including phenoxy) is 1. The number of carbonyl (C=O) groups excluding carboxylic acids is 1. The average Bonchev–Trinajstić information content (AvgIpc) is 2.75. The second kappa shape index (κ2) is 10.9. The number of rotatable bonds is 8. The Morgan fingerprint density at radius 3 is 2.66 bits per heavy atom. The molecule has 8 nitrogen and oxygen atoms in total. The number of aromatic nitrogens is 1. The van der Waals surface area contributed by atoms with Crippen LogP contribution in [-0.2, 0) is 21.2 Å². The number of nitrogens with one attached hydrogen (secondary N) is 1. The number of amides is 1. The molecule has 1 aliphatic rings. The van der Waals surface area contributed by atoms with Gasteiger partial charge >= 0.3 is 6.09 Å². The van der Waals surface area contributed by atoms with E-state index in [4.69, 9.17) is 14.8 Å². The monoisotopic (exact) mass is 461 g/mol. The summed E-state index contributed by atoms with van der Waals surface area (Å²) < 4.78 is 32.8. The fraction of sp³-hybridized carbons (Fsp3) is 0.478. The number of likely N-dealkylation sites (tertiary alicyclic amines) is 1. The van der Waals surface area contributed by atoms with Gasteiger partial charge in [-0.05, 0) is 38.8 Å². The van der Waals surface area contributed by atoms with Crippen LogP contribution < -0.4 is 4.72 Å². The Kier molecular flexibility index (Phi) is 8.22. The quantitative estimate of drug-likeness (QED) is 0.625. The van der Waals surface area contributed by atoms with Gasteiger partial charge in [-0.3, -0.25) is 4.98 Å². The molecule has 1 saturated heterocycles. The van der Waals surface area contributed by atoms with Crippen molar-refractivity contribution in [3.8, 4) is 11.3 Å². The first-order valence-electron chi connectivity index (χ1n) is 10.9. The summed E-state index contributed by atoms with van der Waals surface area (Å²) in [5.74, 6) is -0.381. The zero-order valence-corrected chi connectivity index (χ0v) is 19.3. The number of aliphatic hydroxyl groups excluding tert-OH is 1. The van der Waals surface area contributed by atoms with Gasteiger partial charge in [0.1, 0.15) is 0 Å². The van der Waals surface area contributed by atoms with E-state index in [0.717, 1.165) is 17.0 Å². The van der Waals surface area contributed by atoms with Crippen molar-refractivity contribution in [3.63, 3.8) is 0 Å². The molecule has 1 aromatic carbocycles. The van der Waals surface area contributed by atoms with Crippen molar-refractivity contribution in [1.29, 1.82) is 0 Å². The van der Waals surface area contributed by atoms with Crippen molar-refractivity contribution in [2.45, 2.75) is 51.3 Å². The van der Waals surface area contributed by atoms with Crippen LogP contribution in [0.3, 0.4) is 0 Å². The highest BCUT2D eigenvalue weighted by molar-refractivity contribution is 7.89. The van der Waals surface area contributed by atoms with Gasteiger partial charge in [0, 0.05) is 30.3 Å². The van der Waals surface area contributed by atoms with Gasteiger partial charge in [-0.15, -0.1) is 0 Å². The molecular weight excluding hydrogens is 430 g/mol. The van der Waals surface area contributed by atoms with Crippen molar-refractivity contribution < 1.29 is 23.1 Å². The van der Waals surface area contributed by atoms with Gasteiger partial charge in [-0.1, -0.05) is 36.4 Å². The van der Waals surface area contributed by atoms with Crippen molar-refractivity contribution in [2.75, 3.05) is 18.9 Å². The summed E-state index contributed by atoms with van der Waals surface area (Å²) in [7, 11) is -3.68. The molecule has 0 aliphatic carbocycles. The third-order valence-electron chi connectivity index (χ3n) is 5.34. The van der Waals surface area contributed by atoms with Gasteiger partial charge in [-0.2, -0.15) is 0 Å². The minimum atomic E-state index is -3.68. The third kappa shape index (κ3) is 6.51. The first-order chi connectivity index (χ1) is 15.3. The van der Waals surface area contributed by atoms with Crippen LogP contribution in [0.25, 0.3) is 11.3 Å². The minimum Gasteiger partial charge on any atom is -0.447 e. The maximum Gasteiger partial charge on any atom is 0.410 e. The Bertz CT molecular complexity index is 998. The summed E-state index contributed by atoms with van der Waals surface area (Å²) in [4.78, 5) is 19.2. The highest BCUT2D eigenvalue weighted by Gasteiger charge is 2.37. The summed E-state index contributed by atoms with van der Waals surface area (Å²) >= 11 is 0. The molecule has 2 N–H and O–H groups in total. The molecule has 2 aromatic rings. The van der Waals surface area contributed by atoms with Crippen LogP contribution in [0.15, 0.2) is 48.5 Å². The molecule has 1 aromatic heterocycles. The molecule has 2 atom stereocenters. The Labute approximate surface area is 189 Å². The normalized spacial score (nSPS) is 19.2. The number of sulfonamides is 1. The zero-order chi connectivity index (χ0) is 23.1. The number of aliphatic hydroxyl groups is 1. The first kappa shape index (κ1) is 24.2. The third-order valence-corrected chi connectivity index (χ3v) is 6.72. The molecule has 174 valence electrons. The molecule has 2 heterocycles. The summed E-state index contributed by atoms with van der Waals surface area (Å²) in [6.45, 7) is 3.58. The molecule has 1 fully saturated rings. The molecule has 0 radical (unpaired) electrons. The molecule has 0 saturated carbocycles. The van der Waals surface area contributed by atoms with E-state index >= 15 is 0 Å². The predicted molar refractivity (Wildman–Crippen MR) is 123 cm³/mol. The first-order valence-corrected chi connectivity index (χ1v) is 12.5. The standard InChI is InChI=1S/C23H31N3O5S/c1-17(2)31-23(28)26-13-7-12-21(25-32(29,30)15-14-27)22(26)16-19-10-6-11-20(24-19)18-8-4-3-5-9-18/h3-6,8-11,17,21-22,25,27H,7,12-16H2,1-2H3. The van der Waals surface area contributed by atoms with Crippen LogP contribution in [0.4, 0.5) is 4.79 Å². The van der Waals surface area contributed by atoms with Gasteiger partial charge in [0.2, 0.25) is 10.0 Å². The molecule has 1 aliphatic heterocycles. The maximum absolute atomic E-state index is 12.8. The second-order valence-corrected chi connectivity index (χ2v) is 10.1. The fourth-order valence-corrected chi connectivity index (χ4v) is 5.02. The van der Waals surface area contributed by atoms with E-state index in [9.17, 15) is 13.2 Å². The summed E-state index contributed by atoms with van der Waals surface area (Å²) in [5.41, 5.74) is 2.55. The van der Waals surface area contributed by atoms with Crippen molar-refractivity contribution in [3.05, 3.63) is 54.2 Å². The number of benzene rings is 1.